The Labute approximate surface area is 149 Å². The number of carbonyl (C=O) groups excluding carboxylic acids is 1. The summed E-state index contributed by atoms with van der Waals surface area (Å²) in [6.45, 7) is 0. The predicted octanol–water partition coefficient (Wildman–Crippen LogP) is 5.86. The van der Waals surface area contributed by atoms with Crippen molar-refractivity contribution in [2.45, 2.75) is 5.92 Å². The fourth-order valence-electron chi connectivity index (χ4n) is 3.29. The van der Waals surface area contributed by atoms with Crippen LogP contribution in [0.25, 0.3) is 6.08 Å². The van der Waals surface area contributed by atoms with Gasteiger partial charge in [-0.15, -0.1) is 0 Å². The molecule has 0 aliphatic heterocycles. The summed E-state index contributed by atoms with van der Waals surface area (Å²) < 4.78 is 1.04. The van der Waals surface area contributed by atoms with Gasteiger partial charge in [-0.25, -0.2) is 0 Å². The Morgan fingerprint density at radius 2 is 1.46 bits per heavy atom. The summed E-state index contributed by atoms with van der Waals surface area (Å²) in [7, 11) is 0. The van der Waals surface area contributed by atoms with E-state index in [-0.39, 0.29) is 11.7 Å². The van der Waals surface area contributed by atoms with E-state index in [2.05, 4.69) is 40.2 Å². The number of Topliss-reactive ketones (excluding diaryl/α,β-unsaturated/α-hetero) is 1. The van der Waals surface area contributed by atoms with Gasteiger partial charge in [-0.05, 0) is 34.9 Å². The van der Waals surface area contributed by atoms with Gasteiger partial charge in [0.1, 0.15) is 0 Å². The van der Waals surface area contributed by atoms with Gasteiger partial charge in [0.25, 0.3) is 0 Å². The molecule has 1 atom stereocenters. The fourth-order valence-corrected chi connectivity index (χ4v) is 3.56. The Balaban J connectivity index is 1.83. The molecule has 1 aliphatic carbocycles. The Morgan fingerprint density at radius 1 is 0.792 bits per heavy atom. The summed E-state index contributed by atoms with van der Waals surface area (Å²) >= 11 is 3.48. The van der Waals surface area contributed by atoms with E-state index in [0.29, 0.717) is 0 Å². The molecule has 0 spiro atoms. The smallest absolute Gasteiger partial charge is 0.189 e. The molecule has 0 bridgehead atoms. The van der Waals surface area contributed by atoms with Gasteiger partial charge in [0.15, 0.2) is 5.78 Å². The van der Waals surface area contributed by atoms with Crippen LogP contribution < -0.4 is 0 Å². The lowest BCUT2D eigenvalue weighted by atomic mass is 9.85. The van der Waals surface area contributed by atoms with Crippen LogP contribution in [0.5, 0.6) is 0 Å². The zero-order valence-electron chi connectivity index (χ0n) is 12.9. The molecular weight excluding hydrogens is 360 g/mol. The molecule has 1 unspecified atom stereocenters. The molecule has 4 rings (SSSR count). The van der Waals surface area contributed by atoms with E-state index >= 15 is 0 Å². The normalized spacial score (nSPS) is 15.7. The maximum Gasteiger partial charge on any atom is 0.189 e. The molecule has 0 N–H and O–H groups in total. The number of benzene rings is 3. The molecule has 116 valence electrons. The highest BCUT2D eigenvalue weighted by molar-refractivity contribution is 9.10. The van der Waals surface area contributed by atoms with Gasteiger partial charge in [0, 0.05) is 21.5 Å². The molecule has 2 heteroatoms. The molecular formula is C22H15BrO. The molecule has 0 aromatic heterocycles. The van der Waals surface area contributed by atoms with E-state index in [4.69, 9.17) is 0 Å². The van der Waals surface area contributed by atoms with Crippen LogP contribution in [0.3, 0.4) is 0 Å². The summed E-state index contributed by atoms with van der Waals surface area (Å²) in [6.07, 6.45) is 2.04. The second-order valence-electron chi connectivity index (χ2n) is 5.91. The minimum absolute atomic E-state index is 0.0120. The van der Waals surface area contributed by atoms with Gasteiger partial charge >= 0.3 is 0 Å². The summed E-state index contributed by atoms with van der Waals surface area (Å²) in [6, 6.07) is 26.0. The van der Waals surface area contributed by atoms with Crippen LogP contribution in [0.4, 0.5) is 0 Å². The van der Waals surface area contributed by atoms with Gasteiger partial charge in [0.05, 0.1) is 0 Å². The van der Waals surface area contributed by atoms with Crippen molar-refractivity contribution < 1.29 is 4.79 Å². The third-order valence-electron chi connectivity index (χ3n) is 4.43. The lowest BCUT2D eigenvalue weighted by Gasteiger charge is -2.17. The highest BCUT2D eigenvalue weighted by Crippen LogP contribution is 2.42. The van der Waals surface area contributed by atoms with Crippen molar-refractivity contribution in [2.24, 2.45) is 0 Å². The number of rotatable bonds is 3. The number of carbonyl (C=O) groups is 1. The van der Waals surface area contributed by atoms with Crippen LogP contribution in [-0.4, -0.2) is 5.78 Å². The number of halogens is 1. The van der Waals surface area contributed by atoms with Crippen LogP contribution in [-0.2, 0) is 0 Å². The van der Waals surface area contributed by atoms with Crippen molar-refractivity contribution in [2.75, 3.05) is 0 Å². The number of hydrogen-bond acceptors (Lipinski definition) is 1. The molecule has 24 heavy (non-hydrogen) atoms. The maximum absolute atomic E-state index is 13.1. The first-order valence-corrected chi connectivity index (χ1v) is 8.69. The number of fused-ring (bicyclic) bond motifs is 1. The van der Waals surface area contributed by atoms with E-state index in [9.17, 15) is 4.79 Å². The standard InChI is InChI=1S/C22H15BrO/c23-18-12-10-15(11-13-18)21-19-9-5-4-8-17(19)14-20(21)22(24)16-6-2-1-3-7-16/h1-14,21H. The third-order valence-corrected chi connectivity index (χ3v) is 4.96. The van der Waals surface area contributed by atoms with Crippen LogP contribution >= 0.6 is 15.9 Å². The molecule has 3 aromatic carbocycles. The predicted molar refractivity (Wildman–Crippen MR) is 101 cm³/mol. The fraction of sp³-hybridized carbons (Fsp3) is 0.0455. The number of ketones is 1. The first kappa shape index (κ1) is 15.1. The van der Waals surface area contributed by atoms with E-state index < -0.39 is 0 Å². The molecule has 0 amide bonds. The van der Waals surface area contributed by atoms with Crippen molar-refractivity contribution in [3.8, 4) is 0 Å². The number of hydrogen-bond donors (Lipinski definition) is 0. The lowest BCUT2D eigenvalue weighted by Crippen LogP contribution is -2.10. The second-order valence-corrected chi connectivity index (χ2v) is 6.82. The van der Waals surface area contributed by atoms with Crippen molar-refractivity contribution in [3.05, 3.63) is 111 Å². The van der Waals surface area contributed by atoms with Gasteiger partial charge in [-0.2, -0.15) is 0 Å². The summed E-state index contributed by atoms with van der Waals surface area (Å²) in [5.41, 5.74) is 5.03. The van der Waals surface area contributed by atoms with Crippen LogP contribution in [0.15, 0.2) is 88.9 Å². The minimum atomic E-state index is -0.0120. The average molecular weight is 375 g/mol. The molecule has 0 fully saturated rings. The molecule has 0 saturated heterocycles. The summed E-state index contributed by atoms with van der Waals surface area (Å²) in [5.74, 6) is 0.0849. The Morgan fingerprint density at radius 3 is 2.21 bits per heavy atom. The molecule has 0 radical (unpaired) electrons. The van der Waals surface area contributed by atoms with Crippen LogP contribution in [0.1, 0.15) is 33.0 Å². The van der Waals surface area contributed by atoms with Crippen molar-refractivity contribution in [1.29, 1.82) is 0 Å². The number of allylic oxidation sites excluding steroid dienone is 1. The van der Waals surface area contributed by atoms with Crippen molar-refractivity contribution >= 4 is 27.8 Å². The van der Waals surface area contributed by atoms with Crippen LogP contribution in [0.2, 0.25) is 0 Å². The molecule has 1 aliphatic rings. The van der Waals surface area contributed by atoms with E-state index in [1.165, 1.54) is 5.56 Å². The lowest BCUT2D eigenvalue weighted by molar-refractivity contribution is 0.103. The molecule has 1 nitrogen and oxygen atoms in total. The quantitative estimate of drug-likeness (QED) is 0.524. The minimum Gasteiger partial charge on any atom is -0.289 e. The van der Waals surface area contributed by atoms with Gasteiger partial charge in [-0.3, -0.25) is 4.79 Å². The van der Waals surface area contributed by atoms with E-state index in [1.807, 2.05) is 60.7 Å². The third kappa shape index (κ3) is 2.63. The largest absolute Gasteiger partial charge is 0.289 e. The molecule has 0 heterocycles. The average Bonchev–Trinajstić information content (AvgIpc) is 3.02. The Hall–Kier alpha value is -2.45. The monoisotopic (exact) mass is 374 g/mol. The van der Waals surface area contributed by atoms with E-state index in [1.54, 1.807) is 0 Å². The second kappa shape index (κ2) is 6.21. The first-order valence-electron chi connectivity index (χ1n) is 7.90. The highest BCUT2D eigenvalue weighted by atomic mass is 79.9. The molecule has 0 saturated carbocycles. The Kier molecular flexibility index (Phi) is 3.91. The van der Waals surface area contributed by atoms with Gasteiger partial charge < -0.3 is 0 Å². The zero-order valence-corrected chi connectivity index (χ0v) is 14.5. The van der Waals surface area contributed by atoms with E-state index in [0.717, 1.165) is 26.7 Å². The van der Waals surface area contributed by atoms with Crippen molar-refractivity contribution in [3.63, 3.8) is 0 Å². The topological polar surface area (TPSA) is 17.1 Å². The zero-order chi connectivity index (χ0) is 16.5. The highest BCUT2D eigenvalue weighted by Gasteiger charge is 2.31. The first-order chi connectivity index (χ1) is 11.7. The van der Waals surface area contributed by atoms with Crippen molar-refractivity contribution in [1.82, 2.24) is 0 Å². The van der Waals surface area contributed by atoms with Crippen LogP contribution in [0, 0.1) is 0 Å². The van der Waals surface area contributed by atoms with Gasteiger partial charge in [-0.1, -0.05) is 82.7 Å². The maximum atomic E-state index is 13.1. The van der Waals surface area contributed by atoms with Gasteiger partial charge in [0.2, 0.25) is 0 Å². The molecule has 3 aromatic rings. The SMILES string of the molecule is O=C(C1=Cc2ccccc2C1c1ccc(Br)cc1)c1ccccc1. The summed E-state index contributed by atoms with van der Waals surface area (Å²) in [4.78, 5) is 13.1. The summed E-state index contributed by atoms with van der Waals surface area (Å²) in [5, 5.41) is 0. The Bertz CT molecular complexity index is 924.